The van der Waals surface area contributed by atoms with E-state index in [9.17, 15) is 14.0 Å². The molecule has 1 unspecified atom stereocenters. The molecule has 0 aromatic heterocycles. The molecule has 3 aromatic carbocycles. The highest BCUT2D eigenvalue weighted by atomic mass is 19.1. The van der Waals surface area contributed by atoms with E-state index in [-0.39, 0.29) is 11.7 Å². The maximum Gasteiger partial charge on any atom is 0.265 e. The highest BCUT2D eigenvalue weighted by Crippen LogP contribution is 2.18. The summed E-state index contributed by atoms with van der Waals surface area (Å²) in [6.45, 7) is 1.60. The summed E-state index contributed by atoms with van der Waals surface area (Å²) in [5, 5.41) is 11.6. The monoisotopic (exact) mass is 388 g/mol. The number of hydrogen-bond donors (Lipinski definition) is 1. The molecule has 144 valence electrons. The topological polar surface area (TPSA) is 79.2 Å². The molecule has 0 heterocycles. The zero-order valence-corrected chi connectivity index (χ0v) is 15.6. The average molecular weight is 388 g/mol. The fourth-order valence-electron chi connectivity index (χ4n) is 2.62. The number of benzene rings is 3. The van der Waals surface area contributed by atoms with Crippen LogP contribution in [0.5, 0.6) is 5.75 Å². The highest BCUT2D eigenvalue weighted by molar-refractivity contribution is 6.09. The first-order valence-corrected chi connectivity index (χ1v) is 8.84. The van der Waals surface area contributed by atoms with Gasteiger partial charge in [0.2, 0.25) is 0 Å². The van der Waals surface area contributed by atoms with Gasteiger partial charge in [-0.2, -0.15) is 5.26 Å². The molecule has 1 amide bonds. The Morgan fingerprint density at radius 2 is 1.62 bits per heavy atom. The molecule has 5 nitrogen and oxygen atoms in total. The molecule has 29 heavy (non-hydrogen) atoms. The summed E-state index contributed by atoms with van der Waals surface area (Å²) in [6.07, 6.45) is -0.792. The summed E-state index contributed by atoms with van der Waals surface area (Å²) in [5.74, 6) is -0.586. The zero-order chi connectivity index (χ0) is 20.8. The predicted octanol–water partition coefficient (Wildman–Crippen LogP) is 4.33. The molecule has 0 aliphatic carbocycles. The lowest BCUT2D eigenvalue weighted by atomic mass is 10.0. The predicted molar refractivity (Wildman–Crippen MR) is 106 cm³/mol. The molecule has 0 saturated heterocycles. The third-order valence-electron chi connectivity index (χ3n) is 4.16. The number of carbonyl (C=O) groups is 2. The second kappa shape index (κ2) is 8.81. The molecular weight excluding hydrogens is 371 g/mol. The Hall–Kier alpha value is -3.98. The van der Waals surface area contributed by atoms with Crippen LogP contribution in [0.2, 0.25) is 0 Å². The Kier molecular flexibility index (Phi) is 6.00. The van der Waals surface area contributed by atoms with Gasteiger partial charge in [0.15, 0.2) is 11.9 Å². The standard InChI is InChI=1S/C23H17FN2O3/c1-15(23(28)26-20-4-2-3-16(13-20)14-25)29-21-11-7-18(8-12-21)22(27)17-5-9-19(24)10-6-17/h2-13,15H,1H3,(H,26,28). The first-order chi connectivity index (χ1) is 14.0. The van der Waals surface area contributed by atoms with Gasteiger partial charge in [-0.25, -0.2) is 4.39 Å². The van der Waals surface area contributed by atoms with Gasteiger partial charge in [0.25, 0.3) is 5.91 Å². The number of nitrogens with one attached hydrogen (secondary N) is 1. The lowest BCUT2D eigenvalue weighted by Gasteiger charge is -2.15. The van der Waals surface area contributed by atoms with Gasteiger partial charge in [0, 0.05) is 16.8 Å². The van der Waals surface area contributed by atoms with Crippen molar-refractivity contribution in [1.29, 1.82) is 5.26 Å². The smallest absolute Gasteiger partial charge is 0.265 e. The van der Waals surface area contributed by atoms with E-state index < -0.39 is 11.9 Å². The van der Waals surface area contributed by atoms with E-state index in [1.807, 2.05) is 6.07 Å². The van der Waals surface area contributed by atoms with Crippen molar-refractivity contribution < 1.29 is 18.7 Å². The SMILES string of the molecule is CC(Oc1ccc(C(=O)c2ccc(F)cc2)cc1)C(=O)Nc1cccc(C#N)c1. The number of ether oxygens (including phenoxy) is 1. The van der Waals surface area contributed by atoms with Crippen LogP contribution in [-0.2, 0) is 4.79 Å². The summed E-state index contributed by atoms with van der Waals surface area (Å²) in [5.41, 5.74) is 1.75. The number of nitriles is 1. The first kappa shape index (κ1) is 19.8. The van der Waals surface area contributed by atoms with Crippen LogP contribution in [0.4, 0.5) is 10.1 Å². The van der Waals surface area contributed by atoms with Crippen molar-refractivity contribution in [3.05, 3.63) is 95.3 Å². The molecule has 1 N–H and O–H groups in total. The van der Waals surface area contributed by atoms with E-state index in [0.717, 1.165) is 0 Å². The molecule has 3 aromatic rings. The number of hydrogen-bond acceptors (Lipinski definition) is 4. The van der Waals surface area contributed by atoms with Crippen molar-refractivity contribution in [2.24, 2.45) is 0 Å². The van der Waals surface area contributed by atoms with Crippen LogP contribution >= 0.6 is 0 Å². The van der Waals surface area contributed by atoms with Gasteiger partial charge in [-0.3, -0.25) is 9.59 Å². The maximum absolute atomic E-state index is 13.0. The lowest BCUT2D eigenvalue weighted by Crippen LogP contribution is -2.30. The molecule has 0 aliphatic rings. The number of ketones is 1. The molecule has 3 rings (SSSR count). The van der Waals surface area contributed by atoms with Crippen molar-refractivity contribution in [1.82, 2.24) is 0 Å². The van der Waals surface area contributed by atoms with E-state index in [1.165, 1.54) is 24.3 Å². The molecule has 1 atom stereocenters. The minimum Gasteiger partial charge on any atom is -0.481 e. The zero-order valence-electron chi connectivity index (χ0n) is 15.6. The molecular formula is C23H17FN2O3. The Bertz CT molecular complexity index is 1070. The summed E-state index contributed by atoms with van der Waals surface area (Å²) in [4.78, 5) is 24.7. The fraction of sp³-hybridized carbons (Fsp3) is 0.0870. The average Bonchev–Trinajstić information content (AvgIpc) is 2.74. The van der Waals surface area contributed by atoms with Gasteiger partial charge in [-0.05, 0) is 73.7 Å². The van der Waals surface area contributed by atoms with Crippen LogP contribution in [0, 0.1) is 17.1 Å². The number of anilines is 1. The second-order valence-electron chi connectivity index (χ2n) is 6.30. The Morgan fingerprint density at radius 1 is 1.00 bits per heavy atom. The van der Waals surface area contributed by atoms with Crippen molar-refractivity contribution in [3.63, 3.8) is 0 Å². The van der Waals surface area contributed by atoms with E-state index in [1.54, 1.807) is 55.5 Å². The summed E-state index contributed by atoms with van der Waals surface area (Å²) in [7, 11) is 0. The fourth-order valence-corrected chi connectivity index (χ4v) is 2.62. The van der Waals surface area contributed by atoms with Crippen LogP contribution in [0.25, 0.3) is 0 Å². The van der Waals surface area contributed by atoms with E-state index >= 15 is 0 Å². The van der Waals surface area contributed by atoms with Crippen molar-refractivity contribution >= 4 is 17.4 Å². The minimum atomic E-state index is -0.792. The first-order valence-electron chi connectivity index (χ1n) is 8.84. The summed E-state index contributed by atoms with van der Waals surface area (Å²) >= 11 is 0. The van der Waals surface area contributed by atoms with E-state index in [0.29, 0.717) is 28.1 Å². The molecule has 0 saturated carbocycles. The van der Waals surface area contributed by atoms with Gasteiger partial charge in [0.1, 0.15) is 11.6 Å². The van der Waals surface area contributed by atoms with Gasteiger partial charge >= 0.3 is 0 Å². The van der Waals surface area contributed by atoms with Crippen LogP contribution in [-0.4, -0.2) is 17.8 Å². The summed E-state index contributed by atoms with van der Waals surface area (Å²) < 4.78 is 18.6. The molecule has 0 spiro atoms. The van der Waals surface area contributed by atoms with Crippen molar-refractivity contribution in [2.45, 2.75) is 13.0 Å². The molecule has 6 heteroatoms. The Balaban J connectivity index is 1.62. The number of halogens is 1. The molecule has 0 fully saturated rings. The van der Waals surface area contributed by atoms with E-state index in [4.69, 9.17) is 10.00 Å². The second-order valence-corrected chi connectivity index (χ2v) is 6.30. The number of rotatable bonds is 6. The molecule has 0 aliphatic heterocycles. The van der Waals surface area contributed by atoms with Gasteiger partial charge in [-0.1, -0.05) is 6.07 Å². The minimum absolute atomic E-state index is 0.236. The number of nitrogens with zero attached hydrogens (tertiary/aromatic N) is 1. The van der Waals surface area contributed by atoms with Gasteiger partial charge in [0.05, 0.1) is 11.6 Å². The summed E-state index contributed by atoms with van der Waals surface area (Å²) in [6, 6.07) is 20.3. The number of carbonyl (C=O) groups excluding carboxylic acids is 2. The van der Waals surface area contributed by atoms with Crippen molar-refractivity contribution in [3.8, 4) is 11.8 Å². The lowest BCUT2D eigenvalue weighted by molar-refractivity contribution is -0.122. The van der Waals surface area contributed by atoms with Crippen LogP contribution in [0.15, 0.2) is 72.8 Å². The third kappa shape index (κ3) is 5.05. The normalized spacial score (nSPS) is 11.2. The van der Waals surface area contributed by atoms with Crippen LogP contribution in [0.3, 0.4) is 0 Å². The number of amides is 1. The Labute approximate surface area is 167 Å². The van der Waals surface area contributed by atoms with E-state index in [2.05, 4.69) is 5.32 Å². The Morgan fingerprint density at radius 3 is 2.24 bits per heavy atom. The van der Waals surface area contributed by atoms with Gasteiger partial charge < -0.3 is 10.1 Å². The maximum atomic E-state index is 13.0. The third-order valence-corrected chi connectivity index (χ3v) is 4.16. The largest absolute Gasteiger partial charge is 0.481 e. The highest BCUT2D eigenvalue weighted by Gasteiger charge is 2.16. The van der Waals surface area contributed by atoms with Crippen LogP contribution in [0.1, 0.15) is 28.4 Å². The molecule has 0 bridgehead atoms. The van der Waals surface area contributed by atoms with Crippen molar-refractivity contribution in [2.75, 3.05) is 5.32 Å². The van der Waals surface area contributed by atoms with Gasteiger partial charge in [-0.15, -0.1) is 0 Å². The quantitative estimate of drug-likeness (QED) is 0.638. The van der Waals surface area contributed by atoms with Crippen LogP contribution < -0.4 is 10.1 Å². The molecule has 0 radical (unpaired) electrons.